The number of cyclic esters (lactones) is 2. The summed E-state index contributed by atoms with van der Waals surface area (Å²) in [6, 6.07) is 0. The molecule has 1 heterocycles. The van der Waals surface area contributed by atoms with E-state index < -0.39 is 11.9 Å². The molecular weight excluding hydrogens is 200 g/mol. The third kappa shape index (κ3) is 4.21. The van der Waals surface area contributed by atoms with Crippen molar-refractivity contribution in [2.45, 2.75) is 19.8 Å². The minimum absolute atomic E-state index is 0.212. The lowest BCUT2D eigenvalue weighted by atomic mass is 10.1. The van der Waals surface area contributed by atoms with Gasteiger partial charge in [-0.3, -0.25) is 4.79 Å². The van der Waals surface area contributed by atoms with Crippen molar-refractivity contribution in [3.8, 4) is 0 Å². The highest BCUT2D eigenvalue weighted by Crippen LogP contribution is 2.18. The van der Waals surface area contributed by atoms with E-state index in [1.54, 1.807) is 0 Å². The zero-order valence-corrected chi connectivity index (χ0v) is 8.19. The average molecular weight is 210 g/mol. The van der Waals surface area contributed by atoms with Gasteiger partial charge in [0.25, 0.3) is 0 Å². The second-order valence-corrected chi connectivity index (χ2v) is 2.88. The van der Waals surface area contributed by atoms with Gasteiger partial charge in [-0.25, -0.2) is 9.59 Å². The zero-order valence-electron chi connectivity index (χ0n) is 8.19. The Kier molecular flexibility index (Phi) is 3.79. The van der Waals surface area contributed by atoms with Crippen molar-refractivity contribution in [2.24, 2.45) is 0 Å². The van der Waals surface area contributed by atoms with Gasteiger partial charge in [-0.15, -0.1) is 0 Å². The number of hydrogen-bond donors (Lipinski definition) is 0. The van der Waals surface area contributed by atoms with E-state index in [0.717, 1.165) is 30.8 Å². The first kappa shape index (κ1) is 11.2. The van der Waals surface area contributed by atoms with Crippen molar-refractivity contribution in [1.29, 1.82) is 0 Å². The molecule has 0 saturated carbocycles. The molecule has 0 radical (unpaired) electrons. The van der Waals surface area contributed by atoms with E-state index in [2.05, 4.69) is 4.74 Å². The average Bonchev–Trinajstić information content (AvgIpc) is 2.44. The van der Waals surface area contributed by atoms with Crippen LogP contribution in [0.5, 0.6) is 0 Å². The molecule has 0 unspecified atom stereocenters. The van der Waals surface area contributed by atoms with Crippen LogP contribution in [0.1, 0.15) is 19.8 Å². The Hall–Kier alpha value is -1.91. The van der Waals surface area contributed by atoms with Gasteiger partial charge < -0.3 is 9.47 Å². The Bertz CT molecular complexity index is 335. The first-order valence-corrected chi connectivity index (χ1v) is 4.39. The maximum absolute atomic E-state index is 10.2. The van der Waals surface area contributed by atoms with E-state index in [-0.39, 0.29) is 5.97 Å². The quantitative estimate of drug-likeness (QED) is 0.474. The normalized spacial score (nSPS) is 17.0. The maximum Gasteiger partial charge on any atom is 0.338 e. The number of allylic oxidation sites excluding steroid dienone is 2. The summed E-state index contributed by atoms with van der Waals surface area (Å²) in [5, 5.41) is 0. The number of carbonyl (C=O) groups excluding carboxylic acids is 3. The van der Waals surface area contributed by atoms with Gasteiger partial charge in [-0.2, -0.15) is 0 Å². The molecule has 0 fully saturated rings. The lowest BCUT2D eigenvalue weighted by Gasteiger charge is -2.11. The molecule has 0 atom stereocenters. The summed E-state index contributed by atoms with van der Waals surface area (Å²) < 4.78 is 8.68. The highest BCUT2D eigenvalue weighted by molar-refractivity contribution is 6.04. The van der Waals surface area contributed by atoms with Crippen molar-refractivity contribution in [2.75, 3.05) is 0 Å². The van der Waals surface area contributed by atoms with Gasteiger partial charge in [0.15, 0.2) is 0 Å². The minimum atomic E-state index is -0.579. The Morgan fingerprint density at radius 1 is 1.33 bits per heavy atom. The van der Waals surface area contributed by atoms with Crippen LogP contribution >= 0.6 is 0 Å². The van der Waals surface area contributed by atoms with Crippen LogP contribution in [0.15, 0.2) is 24.0 Å². The van der Waals surface area contributed by atoms with Crippen molar-refractivity contribution < 1.29 is 23.9 Å². The topological polar surface area (TPSA) is 69.7 Å². The summed E-state index contributed by atoms with van der Waals surface area (Å²) in [6.07, 6.45) is 6.08. The molecule has 0 bridgehead atoms. The third-order valence-electron chi connectivity index (χ3n) is 1.59. The monoisotopic (exact) mass is 210 g/mol. The predicted octanol–water partition coefficient (Wildman–Crippen LogP) is 0.853. The predicted molar refractivity (Wildman–Crippen MR) is 49.3 cm³/mol. The zero-order chi connectivity index (χ0) is 11.3. The van der Waals surface area contributed by atoms with Crippen LogP contribution in [-0.2, 0) is 23.9 Å². The fraction of sp³-hybridized carbons (Fsp3) is 0.300. The number of rotatable bonds is 1. The highest BCUT2D eigenvalue weighted by Gasteiger charge is 2.10. The van der Waals surface area contributed by atoms with E-state index in [0.29, 0.717) is 0 Å². The lowest BCUT2D eigenvalue weighted by Crippen LogP contribution is -2.03. The molecule has 1 aliphatic carbocycles. The molecule has 15 heavy (non-hydrogen) atoms. The van der Waals surface area contributed by atoms with Crippen LogP contribution in [0.4, 0.5) is 0 Å². The molecule has 0 N–H and O–H groups in total. The minimum Gasteiger partial charge on any atom is -0.432 e. The summed E-state index contributed by atoms with van der Waals surface area (Å²) in [5.74, 6) is -0.538. The molecular formula is C10H10O5. The Morgan fingerprint density at radius 2 is 1.87 bits per heavy atom. The first-order chi connectivity index (χ1) is 7.08. The van der Waals surface area contributed by atoms with Crippen molar-refractivity contribution in [3.05, 3.63) is 24.0 Å². The summed E-state index contributed by atoms with van der Waals surface area (Å²) in [7, 11) is 0. The lowest BCUT2D eigenvalue weighted by molar-refractivity contribution is -0.150. The Labute approximate surface area is 86.4 Å². The molecule has 0 spiro atoms. The van der Waals surface area contributed by atoms with Crippen LogP contribution in [-0.4, -0.2) is 17.9 Å². The van der Waals surface area contributed by atoms with Crippen LogP contribution in [0, 0.1) is 0 Å². The standard InChI is InChI=1S/C6H8O2.C4H2O3/c1-5(7)8-6-3-2-4-6;5-3-1-2-4(6)7-3/h3H,2,4H2,1H3;1-2H. The second-order valence-electron chi connectivity index (χ2n) is 2.88. The van der Waals surface area contributed by atoms with E-state index in [1.807, 2.05) is 6.08 Å². The van der Waals surface area contributed by atoms with Gasteiger partial charge in [0.1, 0.15) is 5.76 Å². The molecule has 5 heteroatoms. The maximum atomic E-state index is 10.2. The second kappa shape index (κ2) is 5.09. The SMILES string of the molecule is CC(=O)OC1=CCC1.O=C1C=CC(=O)O1. The summed E-state index contributed by atoms with van der Waals surface area (Å²) in [4.78, 5) is 30.0. The number of ether oxygens (including phenoxy) is 2. The van der Waals surface area contributed by atoms with Gasteiger partial charge in [-0.1, -0.05) is 0 Å². The van der Waals surface area contributed by atoms with Crippen molar-refractivity contribution >= 4 is 17.9 Å². The van der Waals surface area contributed by atoms with E-state index >= 15 is 0 Å². The van der Waals surface area contributed by atoms with Crippen LogP contribution < -0.4 is 0 Å². The molecule has 0 aromatic carbocycles. The van der Waals surface area contributed by atoms with Gasteiger partial charge in [-0.05, 0) is 12.5 Å². The molecule has 0 saturated heterocycles. The number of carbonyl (C=O) groups is 3. The molecule has 0 aromatic heterocycles. The van der Waals surface area contributed by atoms with Crippen molar-refractivity contribution in [1.82, 2.24) is 0 Å². The molecule has 2 rings (SSSR count). The summed E-state index contributed by atoms with van der Waals surface area (Å²) >= 11 is 0. The molecule has 5 nitrogen and oxygen atoms in total. The largest absolute Gasteiger partial charge is 0.432 e. The van der Waals surface area contributed by atoms with Crippen molar-refractivity contribution in [3.63, 3.8) is 0 Å². The summed E-state index contributed by atoms with van der Waals surface area (Å²) in [6.45, 7) is 1.42. The highest BCUT2D eigenvalue weighted by atomic mass is 16.6. The first-order valence-electron chi connectivity index (χ1n) is 4.39. The van der Waals surface area contributed by atoms with Crippen LogP contribution in [0.2, 0.25) is 0 Å². The van der Waals surface area contributed by atoms with Gasteiger partial charge >= 0.3 is 17.9 Å². The van der Waals surface area contributed by atoms with Gasteiger partial charge in [0.2, 0.25) is 0 Å². The molecule has 1 aliphatic heterocycles. The van der Waals surface area contributed by atoms with Crippen LogP contribution in [0.3, 0.4) is 0 Å². The fourth-order valence-corrected chi connectivity index (χ4v) is 0.843. The number of hydrogen-bond acceptors (Lipinski definition) is 5. The fourth-order valence-electron chi connectivity index (χ4n) is 0.843. The molecule has 80 valence electrons. The van der Waals surface area contributed by atoms with E-state index in [4.69, 9.17) is 4.74 Å². The molecule has 0 amide bonds. The molecule has 0 aromatic rings. The van der Waals surface area contributed by atoms with Gasteiger partial charge in [0, 0.05) is 25.5 Å². The Balaban J connectivity index is 0.000000151. The van der Waals surface area contributed by atoms with E-state index in [1.165, 1.54) is 6.92 Å². The molecule has 2 aliphatic rings. The van der Waals surface area contributed by atoms with E-state index in [9.17, 15) is 14.4 Å². The van der Waals surface area contributed by atoms with Gasteiger partial charge in [0.05, 0.1) is 0 Å². The smallest absolute Gasteiger partial charge is 0.338 e. The van der Waals surface area contributed by atoms with Crippen LogP contribution in [0.25, 0.3) is 0 Å². The number of esters is 3. The summed E-state index contributed by atoms with van der Waals surface area (Å²) in [5.41, 5.74) is 0. The Morgan fingerprint density at radius 3 is 2.00 bits per heavy atom. The third-order valence-corrected chi connectivity index (χ3v) is 1.59.